The molecule has 1 aliphatic carbocycles. The minimum absolute atomic E-state index is 0.0271. The van der Waals surface area contributed by atoms with Crippen molar-refractivity contribution in [1.82, 2.24) is 30.5 Å². The molecule has 1 aliphatic rings. The number of rotatable bonds is 6. The topological polar surface area (TPSA) is 85.6 Å². The molecule has 128 valence electrons. The lowest BCUT2D eigenvalue weighted by atomic mass is 10.1. The summed E-state index contributed by atoms with van der Waals surface area (Å²) in [6.45, 7) is 0.633. The number of amides is 1. The summed E-state index contributed by atoms with van der Waals surface area (Å²) in [4.78, 5) is 18.2. The van der Waals surface area contributed by atoms with Gasteiger partial charge >= 0.3 is 0 Å². The average molecular weight is 354 g/mol. The molecule has 0 unspecified atom stereocenters. The number of carbonyl (C=O) groups is 1. The molecular formula is C17H18N6OS. The van der Waals surface area contributed by atoms with Crippen molar-refractivity contribution in [2.45, 2.75) is 32.1 Å². The number of tetrazole rings is 1. The van der Waals surface area contributed by atoms with Gasteiger partial charge in [-0.25, -0.2) is 9.67 Å². The number of nitrogens with one attached hydrogen (secondary N) is 1. The van der Waals surface area contributed by atoms with Gasteiger partial charge in [0.15, 0.2) is 0 Å². The van der Waals surface area contributed by atoms with E-state index in [0.717, 1.165) is 29.1 Å². The summed E-state index contributed by atoms with van der Waals surface area (Å²) >= 11 is 1.80. The van der Waals surface area contributed by atoms with Crippen LogP contribution >= 0.6 is 11.3 Å². The molecule has 0 bridgehead atoms. The normalized spacial score (nSPS) is 13.0. The monoisotopic (exact) mass is 354 g/mol. The average Bonchev–Trinajstić information content (AvgIpc) is 3.33. The van der Waals surface area contributed by atoms with Gasteiger partial charge in [-0.15, -0.1) is 16.4 Å². The second kappa shape index (κ2) is 7.10. The molecule has 0 atom stereocenters. The molecule has 8 heteroatoms. The van der Waals surface area contributed by atoms with Crippen molar-refractivity contribution >= 4 is 17.2 Å². The zero-order chi connectivity index (χ0) is 17.1. The Kier molecular flexibility index (Phi) is 4.51. The summed E-state index contributed by atoms with van der Waals surface area (Å²) < 4.78 is 1.58. The molecule has 2 aromatic heterocycles. The standard InChI is InChI=1S/C17H18N6OS/c24-16(18-9-8-17-20-14-2-1-3-15(14)25-17)10-12-4-6-13(7-5-12)23-11-19-21-22-23/h4-7,11H,1-3,8-10H2,(H,18,24). The summed E-state index contributed by atoms with van der Waals surface area (Å²) in [6, 6.07) is 7.64. The third-order valence-corrected chi connectivity index (χ3v) is 5.43. The van der Waals surface area contributed by atoms with Gasteiger partial charge in [-0.1, -0.05) is 12.1 Å². The molecule has 0 aliphatic heterocycles. The highest BCUT2D eigenvalue weighted by Gasteiger charge is 2.16. The fourth-order valence-electron chi connectivity index (χ4n) is 2.95. The SMILES string of the molecule is O=C(Cc1ccc(-n2cnnn2)cc1)NCCc1nc2c(s1)CCC2. The van der Waals surface area contributed by atoms with E-state index in [2.05, 4.69) is 25.8 Å². The number of hydrogen-bond acceptors (Lipinski definition) is 6. The molecule has 3 aromatic rings. The van der Waals surface area contributed by atoms with Crippen molar-refractivity contribution in [1.29, 1.82) is 0 Å². The largest absolute Gasteiger partial charge is 0.355 e. The van der Waals surface area contributed by atoms with Gasteiger partial charge in [-0.05, 0) is 47.4 Å². The fraction of sp³-hybridized carbons (Fsp3) is 0.353. The summed E-state index contributed by atoms with van der Waals surface area (Å²) in [6.07, 6.45) is 6.22. The molecule has 7 nitrogen and oxygen atoms in total. The first-order chi connectivity index (χ1) is 12.3. The highest BCUT2D eigenvalue weighted by molar-refractivity contribution is 7.11. The molecule has 0 saturated carbocycles. The second-order valence-corrected chi connectivity index (χ2v) is 7.20. The van der Waals surface area contributed by atoms with Gasteiger partial charge in [-0.3, -0.25) is 4.79 Å². The summed E-state index contributed by atoms with van der Waals surface area (Å²) in [5.41, 5.74) is 3.10. The number of aromatic nitrogens is 5. The van der Waals surface area contributed by atoms with Crippen molar-refractivity contribution < 1.29 is 4.79 Å². The minimum Gasteiger partial charge on any atom is -0.355 e. The van der Waals surface area contributed by atoms with Gasteiger partial charge in [0, 0.05) is 17.8 Å². The first-order valence-electron chi connectivity index (χ1n) is 8.34. The summed E-state index contributed by atoms with van der Waals surface area (Å²) in [5.74, 6) is 0.0271. The van der Waals surface area contributed by atoms with Crippen LogP contribution in [0, 0.1) is 0 Å². The molecule has 1 N–H and O–H groups in total. The molecule has 4 rings (SSSR count). The van der Waals surface area contributed by atoms with E-state index >= 15 is 0 Å². The van der Waals surface area contributed by atoms with E-state index in [1.165, 1.54) is 29.7 Å². The third-order valence-electron chi connectivity index (χ3n) is 4.22. The van der Waals surface area contributed by atoms with Crippen LogP contribution in [0.1, 0.15) is 27.6 Å². The van der Waals surface area contributed by atoms with Gasteiger partial charge in [-0.2, -0.15) is 0 Å². The lowest BCUT2D eigenvalue weighted by Gasteiger charge is -2.05. The lowest BCUT2D eigenvalue weighted by Crippen LogP contribution is -2.27. The van der Waals surface area contributed by atoms with E-state index in [9.17, 15) is 4.79 Å². The molecule has 0 radical (unpaired) electrons. The maximum Gasteiger partial charge on any atom is 0.224 e. The predicted octanol–water partition coefficient (Wildman–Crippen LogP) is 1.51. The van der Waals surface area contributed by atoms with Crippen LogP contribution in [0.5, 0.6) is 0 Å². The van der Waals surface area contributed by atoms with Crippen molar-refractivity contribution in [2.75, 3.05) is 6.54 Å². The molecule has 1 aromatic carbocycles. The lowest BCUT2D eigenvalue weighted by molar-refractivity contribution is -0.120. The number of thiazole rings is 1. The molecule has 2 heterocycles. The van der Waals surface area contributed by atoms with E-state index in [1.54, 1.807) is 16.0 Å². The Hall–Kier alpha value is -2.61. The first-order valence-corrected chi connectivity index (χ1v) is 9.16. The van der Waals surface area contributed by atoms with E-state index in [4.69, 9.17) is 0 Å². The molecule has 1 amide bonds. The highest BCUT2D eigenvalue weighted by atomic mass is 32.1. The van der Waals surface area contributed by atoms with Crippen molar-refractivity contribution in [3.63, 3.8) is 0 Å². The number of fused-ring (bicyclic) bond motifs is 1. The van der Waals surface area contributed by atoms with Gasteiger partial charge in [0.25, 0.3) is 0 Å². The van der Waals surface area contributed by atoms with E-state index < -0.39 is 0 Å². The first kappa shape index (κ1) is 15.9. The number of hydrogen-bond donors (Lipinski definition) is 1. The zero-order valence-electron chi connectivity index (χ0n) is 13.7. The smallest absolute Gasteiger partial charge is 0.224 e. The van der Waals surface area contributed by atoms with Crippen LogP contribution < -0.4 is 5.32 Å². The maximum atomic E-state index is 12.1. The van der Waals surface area contributed by atoms with Crippen LogP contribution in [0.2, 0.25) is 0 Å². The number of aryl methyl sites for hydroxylation is 2. The Morgan fingerprint density at radius 2 is 2.12 bits per heavy atom. The van der Waals surface area contributed by atoms with Gasteiger partial charge in [0.2, 0.25) is 5.91 Å². The summed E-state index contributed by atoms with van der Waals surface area (Å²) in [5, 5.41) is 15.2. The molecule has 0 spiro atoms. The van der Waals surface area contributed by atoms with E-state index in [-0.39, 0.29) is 5.91 Å². The summed E-state index contributed by atoms with van der Waals surface area (Å²) in [7, 11) is 0. The van der Waals surface area contributed by atoms with Crippen LogP contribution in [-0.2, 0) is 30.5 Å². The third kappa shape index (κ3) is 3.74. The van der Waals surface area contributed by atoms with Crippen LogP contribution in [0.15, 0.2) is 30.6 Å². The van der Waals surface area contributed by atoms with Crippen LogP contribution in [-0.4, -0.2) is 37.6 Å². The second-order valence-electron chi connectivity index (χ2n) is 6.03. The predicted molar refractivity (Wildman–Crippen MR) is 93.7 cm³/mol. The van der Waals surface area contributed by atoms with Crippen molar-refractivity contribution in [2.24, 2.45) is 0 Å². The molecule has 25 heavy (non-hydrogen) atoms. The van der Waals surface area contributed by atoms with E-state index in [1.807, 2.05) is 24.3 Å². The molecule has 0 fully saturated rings. The fourth-order valence-corrected chi connectivity index (χ4v) is 4.11. The highest BCUT2D eigenvalue weighted by Crippen LogP contribution is 2.27. The van der Waals surface area contributed by atoms with Crippen LogP contribution in [0.3, 0.4) is 0 Å². The van der Waals surface area contributed by atoms with Crippen LogP contribution in [0.4, 0.5) is 0 Å². The Morgan fingerprint density at radius 1 is 1.24 bits per heavy atom. The van der Waals surface area contributed by atoms with Crippen molar-refractivity contribution in [3.8, 4) is 5.69 Å². The Morgan fingerprint density at radius 3 is 2.88 bits per heavy atom. The number of nitrogens with zero attached hydrogens (tertiary/aromatic N) is 5. The van der Waals surface area contributed by atoms with Crippen LogP contribution in [0.25, 0.3) is 5.69 Å². The zero-order valence-corrected chi connectivity index (χ0v) is 14.5. The Labute approximate surface area is 149 Å². The minimum atomic E-state index is 0.0271. The Balaban J connectivity index is 1.25. The van der Waals surface area contributed by atoms with Gasteiger partial charge in [0.05, 0.1) is 22.8 Å². The number of benzene rings is 1. The molecular weight excluding hydrogens is 336 g/mol. The van der Waals surface area contributed by atoms with Gasteiger partial charge < -0.3 is 5.32 Å². The van der Waals surface area contributed by atoms with Gasteiger partial charge in [0.1, 0.15) is 6.33 Å². The Bertz CT molecular complexity index is 834. The maximum absolute atomic E-state index is 12.1. The van der Waals surface area contributed by atoms with Crippen molar-refractivity contribution in [3.05, 3.63) is 51.7 Å². The quantitative estimate of drug-likeness (QED) is 0.725. The molecule has 0 saturated heterocycles. The van der Waals surface area contributed by atoms with E-state index in [0.29, 0.717) is 13.0 Å². The number of carbonyl (C=O) groups excluding carboxylic acids is 1.